The Bertz CT molecular complexity index is 702. The van der Waals surface area contributed by atoms with Crippen molar-refractivity contribution in [3.8, 4) is 5.88 Å². The van der Waals surface area contributed by atoms with Gasteiger partial charge in [-0.05, 0) is 18.1 Å². The normalized spacial score (nSPS) is 10.5. The van der Waals surface area contributed by atoms with Gasteiger partial charge in [-0.15, -0.1) is 10.2 Å². The number of nitrogen functional groups attached to an aromatic ring is 1. The van der Waals surface area contributed by atoms with Gasteiger partial charge < -0.3 is 21.5 Å². The van der Waals surface area contributed by atoms with E-state index in [1.165, 1.54) is 6.07 Å². The molecule has 0 aliphatic rings. The van der Waals surface area contributed by atoms with Crippen molar-refractivity contribution in [2.45, 2.75) is 19.8 Å². The standard InChI is InChI=1S/C14H18N6O2/c1-7(2)8-4-5-11(18-14(8)22-3)17-9-6-10(15)19-20-12(9)13(16)21/h4-7H,1-3H3,(H2,16,21)(H3,15,17,18,19). The summed E-state index contributed by atoms with van der Waals surface area (Å²) in [5.41, 5.74) is 12.2. The topological polar surface area (TPSA) is 129 Å². The van der Waals surface area contributed by atoms with E-state index in [1.807, 2.05) is 19.9 Å². The van der Waals surface area contributed by atoms with Crippen LogP contribution in [0.25, 0.3) is 0 Å². The number of hydrogen-bond acceptors (Lipinski definition) is 7. The second kappa shape index (κ2) is 6.25. The summed E-state index contributed by atoms with van der Waals surface area (Å²) in [6, 6.07) is 5.15. The molecule has 0 bridgehead atoms. The van der Waals surface area contributed by atoms with E-state index in [1.54, 1.807) is 13.2 Å². The lowest BCUT2D eigenvalue weighted by molar-refractivity contribution is 0.0995. The van der Waals surface area contributed by atoms with Gasteiger partial charge in [-0.1, -0.05) is 13.8 Å². The van der Waals surface area contributed by atoms with Crippen LogP contribution in [0.2, 0.25) is 0 Å². The Kier molecular flexibility index (Phi) is 4.40. The minimum Gasteiger partial charge on any atom is -0.481 e. The van der Waals surface area contributed by atoms with Gasteiger partial charge in [0.1, 0.15) is 11.6 Å². The fourth-order valence-electron chi connectivity index (χ4n) is 1.95. The number of primary amides is 1. The highest BCUT2D eigenvalue weighted by molar-refractivity contribution is 5.97. The Hall–Kier alpha value is -2.90. The van der Waals surface area contributed by atoms with Crippen LogP contribution in [0.4, 0.5) is 17.3 Å². The quantitative estimate of drug-likeness (QED) is 0.761. The number of nitrogens with two attached hydrogens (primary N) is 2. The molecule has 0 unspecified atom stereocenters. The molecule has 22 heavy (non-hydrogen) atoms. The minimum absolute atomic E-state index is 0.0112. The zero-order valence-corrected chi connectivity index (χ0v) is 12.6. The lowest BCUT2D eigenvalue weighted by Crippen LogP contribution is -2.17. The number of pyridine rings is 1. The molecule has 8 nitrogen and oxygen atoms in total. The largest absolute Gasteiger partial charge is 0.481 e. The van der Waals surface area contributed by atoms with E-state index in [9.17, 15) is 4.79 Å². The van der Waals surface area contributed by atoms with Crippen LogP contribution in [0.3, 0.4) is 0 Å². The first-order valence-electron chi connectivity index (χ1n) is 6.67. The summed E-state index contributed by atoms with van der Waals surface area (Å²) in [6.07, 6.45) is 0. The van der Waals surface area contributed by atoms with E-state index in [-0.39, 0.29) is 17.4 Å². The smallest absolute Gasteiger partial charge is 0.271 e. The molecule has 2 heterocycles. The van der Waals surface area contributed by atoms with Crippen LogP contribution in [0, 0.1) is 0 Å². The van der Waals surface area contributed by atoms with E-state index < -0.39 is 5.91 Å². The molecular weight excluding hydrogens is 284 g/mol. The number of methoxy groups -OCH3 is 1. The molecule has 0 aliphatic heterocycles. The van der Waals surface area contributed by atoms with E-state index in [0.717, 1.165) is 5.56 Å². The number of nitrogens with one attached hydrogen (secondary N) is 1. The van der Waals surface area contributed by atoms with Crippen LogP contribution in [-0.2, 0) is 0 Å². The minimum atomic E-state index is -0.708. The van der Waals surface area contributed by atoms with Crippen molar-refractivity contribution in [2.75, 3.05) is 18.2 Å². The zero-order chi connectivity index (χ0) is 16.3. The summed E-state index contributed by atoms with van der Waals surface area (Å²) in [4.78, 5) is 15.7. The Morgan fingerprint density at radius 2 is 2.05 bits per heavy atom. The SMILES string of the molecule is COc1nc(Nc2cc(N)nnc2C(N)=O)ccc1C(C)C. The van der Waals surface area contributed by atoms with Crippen LogP contribution in [0.15, 0.2) is 18.2 Å². The average molecular weight is 302 g/mol. The molecule has 0 radical (unpaired) electrons. The van der Waals surface area contributed by atoms with Crippen molar-refractivity contribution in [3.05, 3.63) is 29.5 Å². The molecule has 8 heteroatoms. The Morgan fingerprint density at radius 1 is 1.32 bits per heavy atom. The van der Waals surface area contributed by atoms with Crippen LogP contribution >= 0.6 is 0 Å². The third kappa shape index (κ3) is 3.22. The fourth-order valence-corrected chi connectivity index (χ4v) is 1.95. The van der Waals surface area contributed by atoms with Gasteiger partial charge in [0, 0.05) is 11.6 Å². The van der Waals surface area contributed by atoms with Gasteiger partial charge in [-0.3, -0.25) is 4.79 Å². The van der Waals surface area contributed by atoms with Gasteiger partial charge in [-0.2, -0.15) is 4.98 Å². The number of amides is 1. The summed E-state index contributed by atoms with van der Waals surface area (Å²) in [6.45, 7) is 4.09. The van der Waals surface area contributed by atoms with Gasteiger partial charge in [0.05, 0.1) is 12.8 Å². The molecular formula is C14H18N6O2. The van der Waals surface area contributed by atoms with E-state index in [2.05, 4.69) is 20.5 Å². The molecule has 0 spiro atoms. The average Bonchev–Trinajstić information content (AvgIpc) is 2.46. The van der Waals surface area contributed by atoms with Gasteiger partial charge in [0.25, 0.3) is 5.91 Å². The van der Waals surface area contributed by atoms with Crippen molar-refractivity contribution < 1.29 is 9.53 Å². The molecule has 2 aromatic rings. The fraction of sp³-hybridized carbons (Fsp3) is 0.286. The maximum Gasteiger partial charge on any atom is 0.271 e. The summed E-state index contributed by atoms with van der Waals surface area (Å²) in [7, 11) is 1.55. The van der Waals surface area contributed by atoms with E-state index in [4.69, 9.17) is 16.2 Å². The number of anilines is 3. The summed E-state index contributed by atoms with van der Waals surface area (Å²) in [5.74, 6) is 0.724. The second-order valence-corrected chi connectivity index (χ2v) is 4.97. The van der Waals surface area contributed by atoms with Crippen LogP contribution in [-0.4, -0.2) is 28.2 Å². The van der Waals surface area contributed by atoms with Crippen LogP contribution in [0.5, 0.6) is 5.88 Å². The molecule has 2 rings (SSSR count). The number of aromatic nitrogens is 3. The number of nitrogens with zero attached hydrogens (tertiary/aromatic N) is 3. The first kappa shape index (κ1) is 15.5. The number of ether oxygens (including phenoxy) is 1. The molecule has 0 saturated heterocycles. The van der Waals surface area contributed by atoms with Crippen molar-refractivity contribution in [3.63, 3.8) is 0 Å². The van der Waals surface area contributed by atoms with Gasteiger partial charge >= 0.3 is 0 Å². The highest BCUT2D eigenvalue weighted by Crippen LogP contribution is 2.27. The Labute approximate surface area is 127 Å². The summed E-state index contributed by atoms with van der Waals surface area (Å²) >= 11 is 0. The second-order valence-electron chi connectivity index (χ2n) is 4.97. The molecule has 5 N–H and O–H groups in total. The Balaban J connectivity index is 2.39. The predicted molar refractivity (Wildman–Crippen MR) is 83.1 cm³/mol. The van der Waals surface area contributed by atoms with Gasteiger partial charge in [0.15, 0.2) is 5.69 Å². The number of rotatable bonds is 5. The first-order valence-corrected chi connectivity index (χ1v) is 6.67. The molecule has 1 amide bonds. The van der Waals surface area contributed by atoms with E-state index >= 15 is 0 Å². The molecule has 2 aromatic heterocycles. The molecule has 0 aliphatic carbocycles. The maximum absolute atomic E-state index is 11.4. The zero-order valence-electron chi connectivity index (χ0n) is 12.6. The Morgan fingerprint density at radius 3 is 2.64 bits per heavy atom. The summed E-state index contributed by atoms with van der Waals surface area (Å²) < 4.78 is 5.29. The highest BCUT2D eigenvalue weighted by Gasteiger charge is 2.14. The monoisotopic (exact) mass is 302 g/mol. The third-order valence-corrected chi connectivity index (χ3v) is 3.01. The van der Waals surface area contributed by atoms with Crippen LogP contribution < -0.4 is 21.5 Å². The lowest BCUT2D eigenvalue weighted by Gasteiger charge is -2.13. The van der Waals surface area contributed by atoms with E-state index in [0.29, 0.717) is 17.4 Å². The molecule has 116 valence electrons. The highest BCUT2D eigenvalue weighted by atomic mass is 16.5. The third-order valence-electron chi connectivity index (χ3n) is 3.01. The molecule has 0 aromatic carbocycles. The number of hydrogen-bond donors (Lipinski definition) is 3. The number of carbonyl (C=O) groups is 1. The first-order chi connectivity index (χ1) is 10.4. The van der Waals surface area contributed by atoms with Crippen molar-refractivity contribution in [2.24, 2.45) is 5.73 Å². The lowest BCUT2D eigenvalue weighted by atomic mass is 10.1. The molecule has 0 fully saturated rings. The van der Waals surface area contributed by atoms with Gasteiger partial charge in [-0.25, -0.2) is 0 Å². The van der Waals surface area contributed by atoms with Crippen molar-refractivity contribution in [1.29, 1.82) is 0 Å². The molecule has 0 atom stereocenters. The molecule has 0 saturated carbocycles. The van der Waals surface area contributed by atoms with Crippen molar-refractivity contribution >= 4 is 23.2 Å². The van der Waals surface area contributed by atoms with Gasteiger partial charge in [0.2, 0.25) is 5.88 Å². The predicted octanol–water partition coefficient (Wildman–Crippen LogP) is 1.43. The maximum atomic E-state index is 11.4. The number of carbonyl (C=O) groups excluding carboxylic acids is 1. The van der Waals surface area contributed by atoms with Crippen LogP contribution in [0.1, 0.15) is 35.8 Å². The van der Waals surface area contributed by atoms with Crippen molar-refractivity contribution in [1.82, 2.24) is 15.2 Å². The summed E-state index contributed by atoms with van der Waals surface area (Å²) in [5, 5.41) is 10.3.